The number of aryl methyl sites for hydroxylation is 3. The molecule has 1 aliphatic rings. The molecule has 0 spiro atoms. The van der Waals surface area contributed by atoms with Crippen LogP contribution in [0.15, 0.2) is 66.7 Å². The van der Waals surface area contributed by atoms with Gasteiger partial charge in [-0.05, 0) is 66.8 Å². The molecule has 4 rings (SSSR count). The van der Waals surface area contributed by atoms with Gasteiger partial charge in [-0.2, -0.15) is 0 Å². The highest BCUT2D eigenvalue weighted by molar-refractivity contribution is 5.79. The first-order chi connectivity index (χ1) is 12.6. The molecule has 3 aromatic rings. The van der Waals surface area contributed by atoms with Crippen LogP contribution in [-0.2, 0) is 6.42 Å². The summed E-state index contributed by atoms with van der Waals surface area (Å²) in [5.74, 6) is 1.26. The van der Waals surface area contributed by atoms with E-state index >= 15 is 0 Å². The maximum Gasteiger partial charge on any atom is 0.0104 e. The highest BCUT2D eigenvalue weighted by Crippen LogP contribution is 2.48. The molecule has 0 aromatic heterocycles. The zero-order chi connectivity index (χ0) is 18.1. The van der Waals surface area contributed by atoms with Gasteiger partial charge in [-0.3, -0.25) is 0 Å². The average molecular weight is 341 g/mol. The number of rotatable bonds is 5. The molecule has 0 N–H and O–H groups in total. The summed E-state index contributed by atoms with van der Waals surface area (Å²) in [7, 11) is 0. The second-order valence-corrected chi connectivity index (χ2v) is 8.10. The Morgan fingerprint density at radius 3 is 1.92 bits per heavy atom. The second-order valence-electron chi connectivity index (χ2n) is 8.10. The molecule has 0 saturated carbocycles. The number of hydrogen-bond acceptors (Lipinski definition) is 0. The van der Waals surface area contributed by atoms with Crippen LogP contribution in [0.2, 0.25) is 0 Å². The van der Waals surface area contributed by atoms with E-state index in [1.54, 1.807) is 0 Å². The molecule has 0 nitrogen and oxygen atoms in total. The van der Waals surface area contributed by atoms with Crippen molar-refractivity contribution in [3.05, 3.63) is 94.5 Å². The normalized spacial score (nSPS) is 14.1. The van der Waals surface area contributed by atoms with Gasteiger partial charge in [-0.1, -0.05) is 84.8 Å². The monoisotopic (exact) mass is 340 g/mol. The van der Waals surface area contributed by atoms with Crippen LogP contribution >= 0.6 is 0 Å². The maximum absolute atomic E-state index is 2.42. The van der Waals surface area contributed by atoms with Crippen LogP contribution < -0.4 is 0 Å². The largest absolute Gasteiger partial charge is 0.0625 e. The van der Waals surface area contributed by atoms with E-state index in [1.165, 1.54) is 58.2 Å². The molecular weight excluding hydrogens is 312 g/mol. The van der Waals surface area contributed by atoms with E-state index in [2.05, 4.69) is 87.5 Å². The molecule has 0 aliphatic heterocycles. The average Bonchev–Trinajstić information content (AvgIpc) is 2.93. The van der Waals surface area contributed by atoms with Crippen molar-refractivity contribution in [3.63, 3.8) is 0 Å². The lowest BCUT2D eigenvalue weighted by Gasteiger charge is -2.19. The third-order valence-corrected chi connectivity index (χ3v) is 5.87. The number of fused-ring (bicyclic) bond motifs is 3. The first kappa shape index (κ1) is 17.1. The van der Waals surface area contributed by atoms with Crippen molar-refractivity contribution in [1.82, 2.24) is 0 Å². The van der Waals surface area contributed by atoms with Crippen LogP contribution in [-0.4, -0.2) is 0 Å². The highest BCUT2D eigenvalue weighted by Gasteiger charge is 2.29. The van der Waals surface area contributed by atoms with Crippen LogP contribution in [0.1, 0.15) is 53.5 Å². The van der Waals surface area contributed by atoms with Crippen molar-refractivity contribution in [2.45, 2.75) is 46.0 Å². The summed E-state index contributed by atoms with van der Waals surface area (Å²) in [4.78, 5) is 0. The zero-order valence-corrected chi connectivity index (χ0v) is 16.1. The number of hydrogen-bond donors (Lipinski definition) is 0. The topological polar surface area (TPSA) is 0 Å². The third-order valence-electron chi connectivity index (χ3n) is 5.87. The lowest BCUT2D eigenvalue weighted by Crippen LogP contribution is -2.05. The Hall–Kier alpha value is -2.34. The minimum atomic E-state index is 0.548. The molecule has 1 unspecified atom stereocenters. The molecule has 3 aromatic carbocycles. The van der Waals surface area contributed by atoms with E-state index in [0.717, 1.165) is 0 Å². The molecule has 0 fully saturated rings. The summed E-state index contributed by atoms with van der Waals surface area (Å²) in [5, 5.41) is 0. The van der Waals surface area contributed by atoms with Crippen molar-refractivity contribution < 1.29 is 0 Å². The predicted molar refractivity (Wildman–Crippen MR) is 112 cm³/mol. The molecule has 132 valence electrons. The first-order valence-corrected chi connectivity index (χ1v) is 9.87. The maximum atomic E-state index is 2.42. The van der Waals surface area contributed by atoms with Crippen LogP contribution in [0, 0.1) is 19.8 Å². The lowest BCUT2D eigenvalue weighted by molar-refractivity contribution is 0.468. The van der Waals surface area contributed by atoms with Gasteiger partial charge in [0.25, 0.3) is 0 Å². The molecule has 1 atom stereocenters. The van der Waals surface area contributed by atoms with Gasteiger partial charge in [-0.15, -0.1) is 0 Å². The minimum absolute atomic E-state index is 0.548. The van der Waals surface area contributed by atoms with E-state index in [4.69, 9.17) is 0 Å². The molecule has 0 bridgehead atoms. The van der Waals surface area contributed by atoms with Gasteiger partial charge >= 0.3 is 0 Å². The van der Waals surface area contributed by atoms with Gasteiger partial charge in [0.1, 0.15) is 0 Å². The smallest absolute Gasteiger partial charge is 0.0104 e. The van der Waals surface area contributed by atoms with Gasteiger partial charge < -0.3 is 0 Å². The molecule has 1 aliphatic carbocycles. The summed E-state index contributed by atoms with van der Waals surface area (Å²) in [6.07, 6.45) is 3.66. The Morgan fingerprint density at radius 1 is 0.769 bits per heavy atom. The van der Waals surface area contributed by atoms with Crippen LogP contribution in [0.4, 0.5) is 0 Å². The van der Waals surface area contributed by atoms with Crippen molar-refractivity contribution >= 4 is 0 Å². The third kappa shape index (κ3) is 3.33. The molecule has 0 radical (unpaired) electrons. The fourth-order valence-electron chi connectivity index (χ4n) is 4.41. The summed E-state index contributed by atoms with van der Waals surface area (Å²) in [6, 6.07) is 24.9. The quantitative estimate of drug-likeness (QED) is 0.466. The summed E-state index contributed by atoms with van der Waals surface area (Å²) in [5.41, 5.74) is 10.2. The van der Waals surface area contributed by atoms with Crippen LogP contribution in [0.5, 0.6) is 0 Å². The highest BCUT2D eigenvalue weighted by atomic mass is 14.3. The van der Waals surface area contributed by atoms with E-state index in [-0.39, 0.29) is 0 Å². The van der Waals surface area contributed by atoms with Crippen molar-refractivity contribution in [1.29, 1.82) is 0 Å². The SMILES string of the molecule is Cc1ccc2c(c1)-c1cc(C)ccc1C2CC(C)CCc1ccccc1. The fraction of sp³-hybridized carbons (Fsp3) is 0.308. The number of benzene rings is 3. The fourth-order valence-corrected chi connectivity index (χ4v) is 4.41. The van der Waals surface area contributed by atoms with E-state index < -0.39 is 0 Å². The lowest BCUT2D eigenvalue weighted by atomic mass is 9.85. The zero-order valence-electron chi connectivity index (χ0n) is 16.1. The molecule has 0 heterocycles. The Bertz CT molecular complexity index is 853. The molecule has 0 heteroatoms. The Kier molecular flexibility index (Phi) is 4.68. The molecular formula is C26H28. The molecule has 0 amide bonds. The molecule has 26 heavy (non-hydrogen) atoms. The predicted octanol–water partition coefficient (Wildman–Crippen LogP) is 7.07. The minimum Gasteiger partial charge on any atom is -0.0625 e. The summed E-state index contributed by atoms with van der Waals surface area (Å²) < 4.78 is 0. The summed E-state index contributed by atoms with van der Waals surface area (Å²) >= 11 is 0. The first-order valence-electron chi connectivity index (χ1n) is 9.87. The van der Waals surface area contributed by atoms with E-state index in [0.29, 0.717) is 11.8 Å². The van der Waals surface area contributed by atoms with Gasteiger partial charge in [0.15, 0.2) is 0 Å². The molecule has 0 saturated heterocycles. The van der Waals surface area contributed by atoms with Crippen molar-refractivity contribution in [2.75, 3.05) is 0 Å². The van der Waals surface area contributed by atoms with Gasteiger partial charge in [0, 0.05) is 5.92 Å². The van der Waals surface area contributed by atoms with Gasteiger partial charge in [-0.25, -0.2) is 0 Å². The Morgan fingerprint density at radius 2 is 1.35 bits per heavy atom. The second kappa shape index (κ2) is 7.11. The Labute approximate surface area is 157 Å². The van der Waals surface area contributed by atoms with Crippen molar-refractivity contribution in [2.24, 2.45) is 5.92 Å². The summed E-state index contributed by atoms with van der Waals surface area (Å²) in [6.45, 7) is 6.82. The van der Waals surface area contributed by atoms with E-state index in [9.17, 15) is 0 Å². The van der Waals surface area contributed by atoms with Gasteiger partial charge in [0.05, 0.1) is 0 Å². The van der Waals surface area contributed by atoms with Crippen molar-refractivity contribution in [3.8, 4) is 11.1 Å². The van der Waals surface area contributed by atoms with Gasteiger partial charge in [0.2, 0.25) is 0 Å². The standard InChI is InChI=1S/C26H28/c1-18(9-12-21-7-5-4-6-8-21)15-24-22-13-10-19(2)16-25(22)26-17-20(3)11-14-23(24)26/h4-8,10-11,13-14,16-18,24H,9,12,15H2,1-3H3. The van der Waals surface area contributed by atoms with Crippen LogP contribution in [0.3, 0.4) is 0 Å². The van der Waals surface area contributed by atoms with Crippen LogP contribution in [0.25, 0.3) is 11.1 Å². The Balaban J connectivity index is 1.57. The van der Waals surface area contributed by atoms with E-state index in [1.807, 2.05) is 0 Å².